The van der Waals surface area contributed by atoms with Crippen LogP contribution in [-0.4, -0.2) is 60.6 Å². The average Bonchev–Trinajstić information content (AvgIpc) is 3.47. The molecule has 204 valence electrons. The largest absolute Gasteiger partial charge is 0.379 e. The third kappa shape index (κ3) is 4.93. The van der Waals surface area contributed by atoms with Gasteiger partial charge in [-0.15, -0.1) is 0 Å². The van der Waals surface area contributed by atoms with Crippen molar-refractivity contribution in [2.24, 2.45) is 5.92 Å². The van der Waals surface area contributed by atoms with E-state index in [4.69, 9.17) is 9.72 Å². The van der Waals surface area contributed by atoms with Crippen molar-refractivity contribution in [1.82, 2.24) is 15.3 Å². The number of carbonyl (C=O) groups excluding carboxylic acids is 1. The summed E-state index contributed by atoms with van der Waals surface area (Å²) >= 11 is 0. The van der Waals surface area contributed by atoms with E-state index in [0.29, 0.717) is 74.5 Å². The lowest BCUT2D eigenvalue weighted by Gasteiger charge is -2.40. The second-order valence-electron chi connectivity index (χ2n) is 10.7. The van der Waals surface area contributed by atoms with Crippen molar-refractivity contribution in [3.05, 3.63) is 35.8 Å². The first-order chi connectivity index (χ1) is 18.4. The fraction of sp³-hybridized carbons (Fsp3) is 0.577. The number of nitrogens with zero attached hydrogens (tertiary/aromatic N) is 4. The second-order valence-corrected chi connectivity index (χ2v) is 10.7. The van der Waals surface area contributed by atoms with Crippen LogP contribution in [0.1, 0.15) is 44.9 Å². The molecule has 1 aromatic heterocycles. The molecule has 3 N–H and O–H groups in total. The molecule has 2 atom stereocenters. The molecular formula is C26H32F3N7O2. The number of benzene rings is 1. The number of nitrogens with one attached hydrogen (secondary N) is 3. The maximum absolute atomic E-state index is 14.7. The molecule has 1 saturated heterocycles. The van der Waals surface area contributed by atoms with E-state index in [1.807, 2.05) is 9.80 Å². The summed E-state index contributed by atoms with van der Waals surface area (Å²) in [5.41, 5.74) is 0.292. The number of fused-ring (bicyclic) bond motifs is 1. The molecule has 4 aliphatic rings. The molecule has 0 bridgehead atoms. The number of halogens is 3. The summed E-state index contributed by atoms with van der Waals surface area (Å²) in [6.45, 7) is 1.25. The van der Waals surface area contributed by atoms with Gasteiger partial charge in [0.25, 0.3) is 0 Å². The lowest BCUT2D eigenvalue weighted by molar-refractivity contribution is -0.126. The third-order valence-corrected chi connectivity index (χ3v) is 7.93. The van der Waals surface area contributed by atoms with E-state index in [-0.39, 0.29) is 23.9 Å². The number of anilines is 4. The van der Waals surface area contributed by atoms with Crippen LogP contribution in [0.4, 0.5) is 36.3 Å². The molecule has 12 heteroatoms. The maximum atomic E-state index is 14.7. The highest BCUT2D eigenvalue weighted by Crippen LogP contribution is 2.43. The van der Waals surface area contributed by atoms with Crippen LogP contribution in [-0.2, 0) is 9.53 Å². The second kappa shape index (κ2) is 10.1. The van der Waals surface area contributed by atoms with Gasteiger partial charge in [-0.25, -0.2) is 18.2 Å². The predicted octanol–water partition coefficient (Wildman–Crippen LogP) is 3.58. The van der Waals surface area contributed by atoms with E-state index in [9.17, 15) is 18.0 Å². The maximum Gasteiger partial charge on any atom is 0.225 e. The molecule has 1 amide bonds. The number of carbonyl (C=O) groups is 1. The Bertz CT molecular complexity index is 1180. The van der Waals surface area contributed by atoms with Gasteiger partial charge in [0.1, 0.15) is 17.2 Å². The SMILES string of the molecule is CN1c2cnc(NC3CCOC3)nc2N(C2CCC(C(=O)NC3CC3)CC2)C1Nc1c(F)cc(F)cc1F. The van der Waals surface area contributed by atoms with Crippen molar-refractivity contribution in [2.45, 2.75) is 69.4 Å². The van der Waals surface area contributed by atoms with E-state index < -0.39 is 29.4 Å². The van der Waals surface area contributed by atoms with E-state index >= 15 is 0 Å². The van der Waals surface area contributed by atoms with Gasteiger partial charge in [0.05, 0.1) is 18.8 Å². The van der Waals surface area contributed by atoms with Gasteiger partial charge in [-0.2, -0.15) is 4.98 Å². The molecule has 3 heterocycles. The fourth-order valence-electron chi connectivity index (χ4n) is 5.65. The van der Waals surface area contributed by atoms with Crippen LogP contribution in [0.5, 0.6) is 0 Å². The zero-order chi connectivity index (χ0) is 26.4. The van der Waals surface area contributed by atoms with Gasteiger partial charge in [0.2, 0.25) is 11.9 Å². The van der Waals surface area contributed by atoms with Crippen molar-refractivity contribution in [2.75, 3.05) is 40.7 Å². The predicted molar refractivity (Wildman–Crippen MR) is 136 cm³/mol. The van der Waals surface area contributed by atoms with Gasteiger partial charge in [-0.3, -0.25) is 4.79 Å². The molecule has 2 aliphatic heterocycles. The normalized spacial score (nSPS) is 26.8. The van der Waals surface area contributed by atoms with E-state index in [2.05, 4.69) is 20.9 Å². The number of hydrogen-bond acceptors (Lipinski definition) is 8. The monoisotopic (exact) mass is 531 g/mol. The molecule has 2 aromatic rings. The minimum atomic E-state index is -1.01. The van der Waals surface area contributed by atoms with Gasteiger partial charge in [0, 0.05) is 43.8 Å². The number of amides is 1. The summed E-state index contributed by atoms with van der Waals surface area (Å²) < 4.78 is 48.3. The lowest BCUT2D eigenvalue weighted by Crippen LogP contribution is -2.53. The zero-order valence-electron chi connectivity index (χ0n) is 21.2. The minimum Gasteiger partial charge on any atom is -0.379 e. The van der Waals surface area contributed by atoms with Crippen LogP contribution in [0.3, 0.4) is 0 Å². The van der Waals surface area contributed by atoms with E-state index in [1.54, 1.807) is 13.2 Å². The summed E-state index contributed by atoms with van der Waals surface area (Å²) in [7, 11) is 1.80. The summed E-state index contributed by atoms with van der Waals surface area (Å²) in [6, 6.07) is 1.71. The Morgan fingerprint density at radius 2 is 1.74 bits per heavy atom. The van der Waals surface area contributed by atoms with Crippen molar-refractivity contribution < 1.29 is 22.7 Å². The van der Waals surface area contributed by atoms with Gasteiger partial charge in [-0.05, 0) is 44.9 Å². The minimum absolute atomic E-state index is 0.0368. The van der Waals surface area contributed by atoms with Crippen LogP contribution in [0.2, 0.25) is 0 Å². The lowest BCUT2D eigenvalue weighted by atomic mass is 9.84. The average molecular weight is 532 g/mol. The first-order valence-corrected chi connectivity index (χ1v) is 13.3. The van der Waals surface area contributed by atoms with Crippen LogP contribution in [0, 0.1) is 23.4 Å². The third-order valence-electron chi connectivity index (χ3n) is 7.93. The van der Waals surface area contributed by atoms with Crippen molar-refractivity contribution in [3.63, 3.8) is 0 Å². The van der Waals surface area contributed by atoms with Gasteiger partial charge < -0.3 is 30.5 Å². The molecule has 2 aliphatic carbocycles. The number of rotatable bonds is 7. The first kappa shape index (κ1) is 25.0. The smallest absolute Gasteiger partial charge is 0.225 e. The van der Waals surface area contributed by atoms with Crippen LogP contribution in [0.25, 0.3) is 0 Å². The van der Waals surface area contributed by atoms with Crippen LogP contribution in [0.15, 0.2) is 18.3 Å². The molecule has 3 fully saturated rings. The highest BCUT2D eigenvalue weighted by atomic mass is 19.1. The van der Waals surface area contributed by atoms with Gasteiger partial charge >= 0.3 is 0 Å². The van der Waals surface area contributed by atoms with E-state index in [1.165, 1.54) is 0 Å². The molecular weight excluding hydrogens is 499 g/mol. The molecule has 38 heavy (non-hydrogen) atoms. The van der Waals surface area contributed by atoms with Gasteiger partial charge in [0.15, 0.2) is 23.7 Å². The van der Waals surface area contributed by atoms with E-state index in [0.717, 1.165) is 19.3 Å². The summed E-state index contributed by atoms with van der Waals surface area (Å²) in [6.07, 6.45) is 6.79. The Labute approximate surface area is 219 Å². The standard InChI is InChI=1S/C26H32F3N7O2/c1-35-21-12-30-25(32-17-8-9-38-13-17)34-23(21)36(26(35)33-22-19(28)10-15(27)11-20(22)29)18-6-2-14(3-7-18)24(37)31-16-4-5-16/h10-12,14,16-18,26,33H,2-9,13H2,1H3,(H,31,37)(H,30,32,34). The summed E-state index contributed by atoms with van der Waals surface area (Å²) in [5, 5.41) is 9.38. The Hall–Kier alpha value is -3.28. The number of hydrogen-bond donors (Lipinski definition) is 3. The summed E-state index contributed by atoms with van der Waals surface area (Å²) in [5.74, 6) is -1.85. The van der Waals surface area contributed by atoms with Crippen LogP contribution < -0.4 is 25.8 Å². The summed E-state index contributed by atoms with van der Waals surface area (Å²) in [4.78, 5) is 25.8. The molecule has 2 saturated carbocycles. The highest BCUT2D eigenvalue weighted by molar-refractivity contribution is 5.80. The Balaban J connectivity index is 1.28. The Morgan fingerprint density at radius 1 is 1.00 bits per heavy atom. The number of ether oxygens (including phenoxy) is 1. The van der Waals surface area contributed by atoms with Crippen LogP contribution >= 0.6 is 0 Å². The fourth-order valence-corrected chi connectivity index (χ4v) is 5.65. The molecule has 6 rings (SSSR count). The topological polar surface area (TPSA) is 94.7 Å². The Kier molecular flexibility index (Phi) is 6.67. The first-order valence-electron chi connectivity index (χ1n) is 13.3. The van der Waals surface area contributed by atoms with Gasteiger partial charge in [-0.1, -0.05) is 0 Å². The van der Waals surface area contributed by atoms with Crippen molar-refractivity contribution in [1.29, 1.82) is 0 Å². The van der Waals surface area contributed by atoms with Crippen molar-refractivity contribution in [3.8, 4) is 0 Å². The Morgan fingerprint density at radius 3 is 2.39 bits per heavy atom. The molecule has 9 nitrogen and oxygen atoms in total. The van der Waals surface area contributed by atoms with Crippen molar-refractivity contribution >= 4 is 29.0 Å². The number of aromatic nitrogens is 2. The zero-order valence-corrected chi connectivity index (χ0v) is 21.2. The molecule has 1 aromatic carbocycles. The molecule has 2 unspecified atom stereocenters. The quantitative estimate of drug-likeness (QED) is 0.499. The molecule has 0 spiro atoms. The highest BCUT2D eigenvalue weighted by Gasteiger charge is 2.43. The molecule has 0 radical (unpaired) electrons.